The van der Waals surface area contributed by atoms with Gasteiger partial charge in [0.05, 0.1) is 4.91 Å². The van der Waals surface area contributed by atoms with Gasteiger partial charge in [0.25, 0.3) is 5.91 Å². The molecule has 1 aromatic carbocycles. The Morgan fingerprint density at radius 3 is 2.47 bits per heavy atom. The maximum atomic E-state index is 11.5. The number of carbonyl (C=O) groups is 2. The minimum Gasteiger partial charge on any atom is -0.478 e. The molecule has 1 aliphatic heterocycles. The summed E-state index contributed by atoms with van der Waals surface area (Å²) in [5, 5.41) is 9.18. The summed E-state index contributed by atoms with van der Waals surface area (Å²) in [5.74, 6) is -1.64. The number of carboxylic acid groups (broad SMARTS) is 1. The molecule has 0 saturated carbocycles. The molecule has 1 aromatic rings. The van der Waals surface area contributed by atoms with E-state index in [0.29, 0.717) is 5.04 Å². The van der Waals surface area contributed by atoms with Crippen LogP contribution in [0.5, 0.6) is 0 Å². The van der Waals surface area contributed by atoms with Crippen LogP contribution in [0.3, 0.4) is 0 Å². The van der Waals surface area contributed by atoms with Gasteiger partial charge < -0.3 is 10.0 Å². The minimum atomic E-state index is -1.14. The fraction of sp³-hybridized carbons (Fsp3) is 0.154. The zero-order valence-corrected chi connectivity index (χ0v) is 11.3. The van der Waals surface area contributed by atoms with Gasteiger partial charge in [-0.25, -0.2) is 9.79 Å². The Bertz CT molecular complexity index is 588. The van der Waals surface area contributed by atoms with Crippen molar-refractivity contribution < 1.29 is 14.7 Å². The number of carbonyl (C=O) groups excluding carboxylic acids is 1. The third-order valence-electron chi connectivity index (χ3n) is 2.51. The molecule has 0 atom stereocenters. The molecule has 5 nitrogen and oxygen atoms in total. The first kappa shape index (κ1) is 13.4. The monoisotopic (exact) mass is 276 g/mol. The number of hydrogen-bond donors (Lipinski definition) is 1. The van der Waals surface area contributed by atoms with Gasteiger partial charge in [0.15, 0.2) is 0 Å². The highest BCUT2D eigenvalue weighted by molar-refractivity contribution is 8.19. The average Bonchev–Trinajstić information content (AvgIpc) is 2.70. The Kier molecular flexibility index (Phi) is 3.71. The van der Waals surface area contributed by atoms with Gasteiger partial charge in [-0.15, -0.1) is 0 Å². The maximum Gasteiger partial charge on any atom is 0.329 e. The van der Waals surface area contributed by atoms with Gasteiger partial charge in [-0.3, -0.25) is 4.79 Å². The fourth-order valence-electron chi connectivity index (χ4n) is 1.55. The number of carboxylic acids is 1. The van der Waals surface area contributed by atoms with Crippen molar-refractivity contribution in [3.63, 3.8) is 0 Å². The summed E-state index contributed by atoms with van der Waals surface area (Å²) in [6.07, 6.45) is 0.887. The largest absolute Gasteiger partial charge is 0.478 e. The zero-order valence-electron chi connectivity index (χ0n) is 10.5. The third kappa shape index (κ3) is 3.03. The lowest BCUT2D eigenvalue weighted by molar-refractivity contribution is -0.131. The van der Waals surface area contributed by atoms with Crippen molar-refractivity contribution >= 4 is 34.4 Å². The predicted octanol–water partition coefficient (Wildman–Crippen LogP) is 1.74. The van der Waals surface area contributed by atoms with Crippen molar-refractivity contribution in [2.45, 2.75) is 0 Å². The molecule has 1 heterocycles. The molecule has 0 bridgehead atoms. The Balaban J connectivity index is 2.23. The highest BCUT2D eigenvalue weighted by Gasteiger charge is 2.23. The quantitative estimate of drug-likeness (QED) is 0.852. The van der Waals surface area contributed by atoms with E-state index in [2.05, 4.69) is 4.99 Å². The van der Waals surface area contributed by atoms with E-state index in [4.69, 9.17) is 5.11 Å². The standard InChI is InChI=1S/C13H12N2O3S/c1-15(2)9-5-3-8(4-6-9)13-14-12(18)10(19-13)7-11(16)17/h3-7H,1-2H3,(H,16,17)/b10-7+. The van der Waals surface area contributed by atoms with Crippen LogP contribution < -0.4 is 4.90 Å². The molecular formula is C13H12N2O3S. The van der Waals surface area contributed by atoms with Crippen LogP contribution in [0.15, 0.2) is 40.2 Å². The Morgan fingerprint density at radius 2 is 1.95 bits per heavy atom. The Labute approximate surface area is 114 Å². The van der Waals surface area contributed by atoms with E-state index in [-0.39, 0.29) is 4.91 Å². The number of hydrogen-bond acceptors (Lipinski definition) is 4. The molecule has 0 unspecified atom stereocenters. The SMILES string of the molecule is CN(C)c1ccc(C2=NC(=O)/C(=C\C(=O)O)S2)cc1. The fourth-order valence-corrected chi connectivity index (χ4v) is 2.43. The highest BCUT2D eigenvalue weighted by atomic mass is 32.2. The van der Waals surface area contributed by atoms with Crippen molar-refractivity contribution in [1.82, 2.24) is 0 Å². The smallest absolute Gasteiger partial charge is 0.329 e. The molecule has 1 N–H and O–H groups in total. The number of thioether (sulfide) groups is 1. The zero-order chi connectivity index (χ0) is 14.0. The van der Waals surface area contributed by atoms with Crippen molar-refractivity contribution in [2.24, 2.45) is 4.99 Å². The number of aliphatic imine (C=N–C) groups is 1. The van der Waals surface area contributed by atoms with E-state index < -0.39 is 11.9 Å². The van der Waals surface area contributed by atoms with Crippen molar-refractivity contribution in [3.05, 3.63) is 40.8 Å². The van der Waals surface area contributed by atoms with Crippen LogP contribution >= 0.6 is 11.8 Å². The molecule has 2 rings (SSSR count). The number of amides is 1. The van der Waals surface area contributed by atoms with Crippen LogP contribution in [0.4, 0.5) is 5.69 Å². The van der Waals surface area contributed by atoms with E-state index in [0.717, 1.165) is 29.1 Å². The first-order valence-corrected chi connectivity index (χ1v) is 6.32. The summed E-state index contributed by atoms with van der Waals surface area (Å²) in [6.45, 7) is 0. The summed E-state index contributed by atoms with van der Waals surface area (Å²) >= 11 is 1.08. The molecule has 19 heavy (non-hydrogen) atoms. The lowest BCUT2D eigenvalue weighted by atomic mass is 10.2. The van der Waals surface area contributed by atoms with Crippen LogP contribution in [0, 0.1) is 0 Å². The van der Waals surface area contributed by atoms with E-state index in [9.17, 15) is 9.59 Å². The number of benzene rings is 1. The van der Waals surface area contributed by atoms with Gasteiger partial charge in [0, 0.05) is 31.4 Å². The van der Waals surface area contributed by atoms with Crippen LogP contribution in [0.25, 0.3) is 0 Å². The van der Waals surface area contributed by atoms with Gasteiger partial charge in [-0.1, -0.05) is 23.9 Å². The second-order valence-corrected chi connectivity index (χ2v) is 5.14. The summed E-state index contributed by atoms with van der Waals surface area (Å²) in [5.41, 5.74) is 1.85. The second kappa shape index (κ2) is 5.27. The molecule has 0 saturated heterocycles. The van der Waals surface area contributed by atoms with Crippen LogP contribution in [-0.4, -0.2) is 36.1 Å². The molecule has 0 aliphatic carbocycles. The van der Waals surface area contributed by atoms with Crippen molar-refractivity contribution in [1.29, 1.82) is 0 Å². The Hall–Kier alpha value is -2.08. The molecule has 0 radical (unpaired) electrons. The average molecular weight is 276 g/mol. The molecule has 0 fully saturated rings. The first-order valence-electron chi connectivity index (χ1n) is 5.50. The van der Waals surface area contributed by atoms with E-state index in [1.165, 1.54) is 0 Å². The summed E-state index contributed by atoms with van der Waals surface area (Å²) in [4.78, 5) is 28.1. The maximum absolute atomic E-state index is 11.5. The van der Waals surface area contributed by atoms with Gasteiger partial charge in [0.2, 0.25) is 0 Å². The number of nitrogens with zero attached hydrogens (tertiary/aromatic N) is 2. The van der Waals surface area contributed by atoms with Crippen LogP contribution in [-0.2, 0) is 9.59 Å². The Morgan fingerprint density at radius 1 is 1.32 bits per heavy atom. The molecule has 0 aromatic heterocycles. The van der Waals surface area contributed by atoms with E-state index >= 15 is 0 Å². The topological polar surface area (TPSA) is 70.0 Å². The molecular weight excluding hydrogens is 264 g/mol. The van der Waals surface area contributed by atoms with Crippen LogP contribution in [0.2, 0.25) is 0 Å². The van der Waals surface area contributed by atoms with Gasteiger partial charge in [-0.2, -0.15) is 0 Å². The lowest BCUT2D eigenvalue weighted by Crippen LogP contribution is -2.08. The second-order valence-electron chi connectivity index (χ2n) is 4.11. The lowest BCUT2D eigenvalue weighted by Gasteiger charge is -2.12. The first-order chi connectivity index (χ1) is 8.97. The molecule has 1 amide bonds. The number of rotatable bonds is 3. The van der Waals surface area contributed by atoms with Gasteiger partial charge >= 0.3 is 5.97 Å². The summed E-state index contributed by atoms with van der Waals surface area (Å²) in [7, 11) is 3.88. The predicted molar refractivity (Wildman–Crippen MR) is 75.6 cm³/mol. The molecule has 0 spiro atoms. The molecule has 98 valence electrons. The van der Waals surface area contributed by atoms with Gasteiger partial charge in [0.1, 0.15) is 5.04 Å². The highest BCUT2D eigenvalue weighted by Crippen LogP contribution is 2.30. The summed E-state index contributed by atoms with van der Waals surface area (Å²) < 4.78 is 0. The number of anilines is 1. The van der Waals surface area contributed by atoms with E-state index in [1.807, 2.05) is 43.3 Å². The number of aliphatic carboxylic acids is 1. The normalized spacial score (nSPS) is 16.6. The molecule has 1 aliphatic rings. The van der Waals surface area contributed by atoms with E-state index in [1.54, 1.807) is 0 Å². The van der Waals surface area contributed by atoms with Crippen LogP contribution in [0.1, 0.15) is 5.56 Å². The third-order valence-corrected chi connectivity index (χ3v) is 3.54. The summed E-state index contributed by atoms with van der Waals surface area (Å²) in [6, 6.07) is 7.56. The minimum absolute atomic E-state index is 0.138. The van der Waals surface area contributed by atoms with Crippen molar-refractivity contribution in [3.8, 4) is 0 Å². The van der Waals surface area contributed by atoms with Crippen molar-refractivity contribution in [2.75, 3.05) is 19.0 Å². The molecule has 6 heteroatoms. The van der Waals surface area contributed by atoms with Gasteiger partial charge in [-0.05, 0) is 12.1 Å².